The first-order valence-electron chi connectivity index (χ1n) is 20.5. The molecule has 0 aromatic carbocycles. The van der Waals surface area contributed by atoms with Crippen molar-refractivity contribution >= 4 is 21.7 Å². The third kappa shape index (κ3) is 5.57. The van der Waals surface area contributed by atoms with Gasteiger partial charge >= 0.3 is 5.97 Å². The van der Waals surface area contributed by atoms with Gasteiger partial charge in [-0.05, 0) is 139 Å². The summed E-state index contributed by atoms with van der Waals surface area (Å²) in [5, 5.41) is 13.2. The number of carbonyl (C=O) groups is 2. The van der Waals surface area contributed by atoms with Crippen LogP contribution in [0.25, 0.3) is 0 Å². The molecule has 2 N–H and O–H groups in total. The number of hydrogen-bond acceptors (Lipinski definition) is 5. The molecule has 7 nitrogen and oxygen atoms in total. The summed E-state index contributed by atoms with van der Waals surface area (Å²) >= 11 is 0. The molecule has 290 valence electrons. The number of aliphatic carboxylic acids is 1. The predicted octanol–water partition coefficient (Wildman–Crippen LogP) is 7.79. The van der Waals surface area contributed by atoms with Crippen molar-refractivity contribution in [3.63, 3.8) is 0 Å². The van der Waals surface area contributed by atoms with Crippen molar-refractivity contribution in [1.29, 1.82) is 0 Å². The van der Waals surface area contributed by atoms with Crippen molar-refractivity contribution in [3.8, 4) is 0 Å². The molecule has 52 heavy (non-hydrogen) atoms. The maximum atomic E-state index is 14.4. The summed E-state index contributed by atoms with van der Waals surface area (Å²) in [7, 11) is -2.93. The van der Waals surface area contributed by atoms with Gasteiger partial charge in [0.2, 0.25) is 5.91 Å². The summed E-state index contributed by atoms with van der Waals surface area (Å²) < 4.78 is 37.8. The van der Waals surface area contributed by atoms with E-state index < -0.39 is 27.9 Å². The Balaban J connectivity index is 1.11. The summed E-state index contributed by atoms with van der Waals surface area (Å²) in [5.74, 6) is 1.79. The van der Waals surface area contributed by atoms with Gasteiger partial charge in [-0.1, -0.05) is 52.8 Å². The number of carbonyl (C=O) groups excluding carboxylic acids is 1. The molecule has 1 heterocycles. The molecule has 0 bridgehead atoms. The highest BCUT2D eigenvalue weighted by molar-refractivity contribution is 7.91. The standard InChI is InChI=1S/C43H65FN2O5S/c1-7-29-12-19-43(36(47)45-22-23-46-24-26-52(50,51)27-25-46)21-20-40(5)32(35(29)43)8-9-34-39(4)15-13-31(38(2,3)33(39)14-16-41(34,40)6)30-10-17-42(28-44,18-11-30)37(48)49/h7,10,13,29,32-35H,1,8-9,11-12,14-28H2,2-6H3,(H,45,47)(H,48,49)/t29-,32-,33+,34-,35-,39+,40-,41-,42-,43+/m1/s1. The fraction of sp³-hybridized carbons (Fsp3) is 0.814. The van der Waals surface area contributed by atoms with Crippen LogP contribution in [-0.2, 0) is 19.4 Å². The normalized spacial score (nSPS) is 45.2. The molecule has 7 rings (SSSR count). The van der Waals surface area contributed by atoms with E-state index in [1.54, 1.807) is 0 Å². The van der Waals surface area contributed by atoms with Crippen molar-refractivity contribution in [2.45, 2.75) is 112 Å². The number of sulfone groups is 1. The second-order valence-electron chi connectivity index (χ2n) is 19.7. The number of hydrogen-bond donors (Lipinski definition) is 2. The van der Waals surface area contributed by atoms with Gasteiger partial charge in [0.25, 0.3) is 0 Å². The highest BCUT2D eigenvalue weighted by Gasteiger charge is 2.71. The van der Waals surface area contributed by atoms with E-state index in [1.807, 2.05) is 0 Å². The second kappa shape index (κ2) is 13.1. The molecule has 7 aliphatic rings. The third-order valence-electron chi connectivity index (χ3n) is 17.6. The Labute approximate surface area is 312 Å². The number of allylic oxidation sites excluding steroid dienone is 5. The fourth-order valence-corrected chi connectivity index (χ4v) is 15.7. The van der Waals surface area contributed by atoms with Crippen LogP contribution >= 0.6 is 0 Å². The van der Waals surface area contributed by atoms with E-state index in [9.17, 15) is 27.5 Å². The van der Waals surface area contributed by atoms with Crippen LogP contribution in [0.2, 0.25) is 0 Å². The number of fused-ring (bicyclic) bond motifs is 7. The summed E-state index contributed by atoms with van der Waals surface area (Å²) in [4.78, 5) is 28.5. The quantitative estimate of drug-likeness (QED) is 0.247. The number of nitrogens with zero attached hydrogens (tertiary/aromatic N) is 1. The molecule has 6 aliphatic carbocycles. The SMILES string of the molecule is C=C[C@@H]1CC[C@]2(C(=O)NCCN3CCS(=O)(=O)CC3)CC[C@]3(C)[C@H](CC[C@@H]4[C@@]5(C)CC=C(C6=CC[C@@](CF)(C(=O)O)CC6)C(C)(C)[C@@H]5CC[C@]43C)[C@@H]12. The summed E-state index contributed by atoms with van der Waals surface area (Å²) in [5.41, 5.74) is 1.32. The lowest BCUT2D eigenvalue weighted by Crippen LogP contribution is -2.66. The number of halogens is 1. The van der Waals surface area contributed by atoms with Gasteiger partial charge in [0.05, 0.1) is 22.3 Å². The maximum Gasteiger partial charge on any atom is 0.312 e. The molecule has 1 aliphatic heterocycles. The van der Waals surface area contributed by atoms with Crippen molar-refractivity contribution < 1.29 is 27.5 Å². The highest BCUT2D eigenvalue weighted by atomic mass is 32.2. The minimum absolute atomic E-state index is 0.0570. The van der Waals surface area contributed by atoms with Gasteiger partial charge in [0, 0.05) is 26.2 Å². The monoisotopic (exact) mass is 740 g/mol. The van der Waals surface area contributed by atoms with Crippen LogP contribution in [0.5, 0.6) is 0 Å². The van der Waals surface area contributed by atoms with E-state index >= 15 is 0 Å². The average Bonchev–Trinajstić information content (AvgIpc) is 3.49. The Morgan fingerprint density at radius 3 is 2.31 bits per heavy atom. The van der Waals surface area contributed by atoms with Gasteiger partial charge in [-0.2, -0.15) is 0 Å². The number of rotatable bonds is 8. The zero-order valence-corrected chi connectivity index (χ0v) is 33.4. The Bertz CT molecular complexity index is 1640. The zero-order valence-electron chi connectivity index (χ0n) is 32.6. The van der Waals surface area contributed by atoms with Gasteiger partial charge in [-0.25, -0.2) is 12.8 Å². The minimum Gasteiger partial charge on any atom is -0.481 e. The van der Waals surface area contributed by atoms with Crippen LogP contribution in [-0.4, -0.2) is 74.7 Å². The molecule has 1 amide bonds. The molecule has 0 spiro atoms. The van der Waals surface area contributed by atoms with Gasteiger partial charge in [-0.15, -0.1) is 6.58 Å². The number of nitrogens with one attached hydrogen (secondary N) is 1. The largest absolute Gasteiger partial charge is 0.481 e. The van der Waals surface area contributed by atoms with Crippen LogP contribution < -0.4 is 5.32 Å². The van der Waals surface area contributed by atoms with E-state index in [1.165, 1.54) is 24.0 Å². The van der Waals surface area contributed by atoms with Crippen LogP contribution in [0.15, 0.2) is 36.0 Å². The topological polar surface area (TPSA) is 104 Å². The molecule has 10 atom stereocenters. The molecule has 0 aromatic rings. The predicted molar refractivity (Wildman–Crippen MR) is 204 cm³/mol. The lowest BCUT2D eigenvalue weighted by Gasteiger charge is -2.72. The molecule has 4 saturated carbocycles. The van der Waals surface area contributed by atoms with E-state index in [2.05, 4.69) is 69.6 Å². The molecular formula is C43H65FN2O5S. The van der Waals surface area contributed by atoms with Crippen molar-refractivity contribution in [2.75, 3.05) is 44.4 Å². The minimum atomic E-state index is -2.93. The fourth-order valence-electron chi connectivity index (χ4n) is 14.4. The molecule has 1 saturated heterocycles. The highest BCUT2D eigenvalue weighted by Crippen LogP contribution is 2.77. The average molecular weight is 741 g/mol. The van der Waals surface area contributed by atoms with E-state index in [0.717, 1.165) is 44.9 Å². The maximum absolute atomic E-state index is 14.4. The first kappa shape index (κ1) is 38.3. The summed E-state index contributed by atoms with van der Waals surface area (Å²) in [6.07, 6.45) is 17.6. The van der Waals surface area contributed by atoms with Crippen molar-refractivity contribution in [3.05, 3.63) is 36.0 Å². The zero-order chi connectivity index (χ0) is 37.5. The van der Waals surface area contributed by atoms with Crippen LogP contribution in [0.1, 0.15) is 112 Å². The smallest absolute Gasteiger partial charge is 0.312 e. The Hall–Kier alpha value is -2.00. The van der Waals surface area contributed by atoms with Gasteiger partial charge in [0.1, 0.15) is 6.67 Å². The molecule has 0 radical (unpaired) electrons. The van der Waals surface area contributed by atoms with Gasteiger partial charge in [0.15, 0.2) is 9.84 Å². The number of carboxylic acids is 1. The van der Waals surface area contributed by atoms with Crippen LogP contribution in [0.4, 0.5) is 4.39 Å². The molecular weight excluding hydrogens is 676 g/mol. The lowest BCUT2D eigenvalue weighted by molar-refractivity contribution is -0.226. The van der Waals surface area contributed by atoms with Crippen molar-refractivity contribution in [2.24, 2.45) is 62.1 Å². The molecule has 0 aromatic heterocycles. The lowest BCUT2D eigenvalue weighted by atomic mass is 9.32. The Kier molecular flexibility index (Phi) is 9.61. The summed E-state index contributed by atoms with van der Waals surface area (Å²) in [6.45, 7) is 18.5. The Morgan fingerprint density at radius 2 is 1.67 bits per heavy atom. The molecule has 5 fully saturated rings. The Morgan fingerprint density at radius 1 is 0.942 bits per heavy atom. The number of carboxylic acid groups (broad SMARTS) is 1. The van der Waals surface area contributed by atoms with E-state index in [4.69, 9.17) is 0 Å². The van der Waals surface area contributed by atoms with Gasteiger partial charge < -0.3 is 10.4 Å². The van der Waals surface area contributed by atoms with E-state index in [0.29, 0.717) is 68.6 Å². The molecule has 9 heteroatoms. The first-order chi connectivity index (χ1) is 24.4. The third-order valence-corrected chi connectivity index (χ3v) is 19.2. The molecule has 0 unspecified atom stereocenters. The number of amides is 1. The second-order valence-corrected chi connectivity index (χ2v) is 22.0. The first-order valence-corrected chi connectivity index (χ1v) is 22.3. The number of alkyl halides is 1. The van der Waals surface area contributed by atoms with Crippen molar-refractivity contribution in [1.82, 2.24) is 10.2 Å². The van der Waals surface area contributed by atoms with E-state index in [-0.39, 0.29) is 50.9 Å². The van der Waals surface area contributed by atoms with Crippen LogP contribution in [0.3, 0.4) is 0 Å². The van der Waals surface area contributed by atoms with Gasteiger partial charge in [-0.3, -0.25) is 14.5 Å². The van der Waals surface area contributed by atoms with Crippen LogP contribution in [0, 0.1) is 62.1 Å². The summed E-state index contributed by atoms with van der Waals surface area (Å²) in [6, 6.07) is 0.